The predicted molar refractivity (Wildman–Crippen MR) is 77.4 cm³/mol. The Morgan fingerprint density at radius 3 is 2.50 bits per heavy atom. The van der Waals surface area contributed by atoms with Crippen molar-refractivity contribution in [3.05, 3.63) is 40.6 Å². The summed E-state index contributed by atoms with van der Waals surface area (Å²) in [6.07, 6.45) is -0.914. The van der Waals surface area contributed by atoms with E-state index in [4.69, 9.17) is 10.8 Å². The Kier molecular flexibility index (Phi) is 2.71. The maximum Gasteiger partial charge on any atom is 0.407 e. The first-order valence-corrected chi connectivity index (χ1v) is 6.52. The highest BCUT2D eigenvalue weighted by molar-refractivity contribution is 5.82. The minimum Gasteiger partial charge on any atom is -0.465 e. The van der Waals surface area contributed by atoms with Crippen molar-refractivity contribution in [3.63, 3.8) is 0 Å². The second-order valence-electron chi connectivity index (χ2n) is 5.28. The average molecular weight is 271 g/mol. The minimum atomic E-state index is -0.914. The number of H-pyrrole nitrogens is 1. The molecule has 0 radical (unpaired) electrons. The molecule has 104 valence electrons. The van der Waals surface area contributed by atoms with Crippen LogP contribution in [0.4, 0.5) is 10.5 Å². The molecule has 2 heterocycles. The lowest BCUT2D eigenvalue weighted by Gasteiger charge is -2.13. The number of carbonyl (C=O) groups is 1. The number of fused-ring (bicyclic) bond motifs is 1. The van der Waals surface area contributed by atoms with E-state index in [0.29, 0.717) is 18.8 Å². The molecular formula is C15H17N3O2. The molecular weight excluding hydrogens is 254 g/mol. The smallest absolute Gasteiger partial charge is 0.407 e. The molecule has 5 heteroatoms. The second-order valence-corrected chi connectivity index (χ2v) is 5.28. The monoisotopic (exact) mass is 271 g/mol. The molecule has 0 spiro atoms. The predicted octanol–water partition coefficient (Wildman–Crippen LogP) is 2.87. The van der Waals surface area contributed by atoms with Crippen LogP contribution in [0.3, 0.4) is 0 Å². The summed E-state index contributed by atoms with van der Waals surface area (Å²) in [6.45, 7) is 4.84. The van der Waals surface area contributed by atoms with E-state index in [-0.39, 0.29) is 0 Å². The molecule has 0 bridgehead atoms. The molecule has 1 amide bonds. The van der Waals surface area contributed by atoms with Crippen molar-refractivity contribution < 1.29 is 9.90 Å². The Bertz CT molecular complexity index is 683. The van der Waals surface area contributed by atoms with E-state index in [1.165, 1.54) is 4.90 Å². The second kappa shape index (κ2) is 4.30. The third-order valence-electron chi connectivity index (χ3n) is 3.93. The van der Waals surface area contributed by atoms with Crippen LogP contribution in [0, 0.1) is 13.8 Å². The summed E-state index contributed by atoms with van der Waals surface area (Å²) < 4.78 is 0. The number of amides is 1. The summed E-state index contributed by atoms with van der Waals surface area (Å²) in [4.78, 5) is 15.7. The van der Waals surface area contributed by atoms with Gasteiger partial charge in [0, 0.05) is 16.8 Å². The van der Waals surface area contributed by atoms with Crippen LogP contribution in [0.2, 0.25) is 0 Å². The molecule has 1 aliphatic heterocycles. The number of rotatable bonds is 1. The zero-order chi connectivity index (χ0) is 14.4. The van der Waals surface area contributed by atoms with Gasteiger partial charge >= 0.3 is 6.09 Å². The van der Waals surface area contributed by atoms with Crippen LogP contribution in [-0.4, -0.2) is 21.1 Å². The molecule has 0 unspecified atom stereocenters. The molecule has 1 aliphatic rings. The van der Waals surface area contributed by atoms with Crippen molar-refractivity contribution in [3.8, 4) is 11.3 Å². The van der Waals surface area contributed by atoms with Crippen molar-refractivity contribution in [2.45, 2.75) is 26.9 Å². The van der Waals surface area contributed by atoms with E-state index in [0.717, 1.165) is 33.6 Å². The number of nitrogens with two attached hydrogens (primary N) is 1. The fraction of sp³-hybridized carbons (Fsp3) is 0.267. The maximum absolute atomic E-state index is 11.0. The molecule has 2 aromatic rings. The molecule has 1 aromatic heterocycles. The van der Waals surface area contributed by atoms with Gasteiger partial charge in [-0.2, -0.15) is 0 Å². The summed E-state index contributed by atoms with van der Waals surface area (Å²) in [7, 11) is 0. The molecule has 0 saturated carbocycles. The van der Waals surface area contributed by atoms with Gasteiger partial charge in [0.15, 0.2) is 0 Å². The van der Waals surface area contributed by atoms with E-state index >= 15 is 0 Å². The minimum absolute atomic E-state index is 0.359. The van der Waals surface area contributed by atoms with Gasteiger partial charge in [0.25, 0.3) is 0 Å². The summed E-state index contributed by atoms with van der Waals surface area (Å²) in [5, 5.41) is 9.04. The van der Waals surface area contributed by atoms with E-state index in [1.54, 1.807) is 0 Å². The number of aromatic amines is 1. The van der Waals surface area contributed by atoms with E-state index < -0.39 is 6.09 Å². The van der Waals surface area contributed by atoms with Crippen LogP contribution in [0.5, 0.6) is 0 Å². The van der Waals surface area contributed by atoms with Gasteiger partial charge < -0.3 is 15.8 Å². The molecule has 0 saturated heterocycles. The molecule has 20 heavy (non-hydrogen) atoms. The lowest BCUT2D eigenvalue weighted by atomic mass is 9.99. The zero-order valence-corrected chi connectivity index (χ0v) is 11.5. The van der Waals surface area contributed by atoms with Gasteiger partial charge in [-0.25, -0.2) is 4.79 Å². The molecule has 0 fully saturated rings. The molecule has 0 aliphatic carbocycles. The highest BCUT2D eigenvalue weighted by Gasteiger charge is 2.29. The quantitative estimate of drug-likeness (QED) is 0.745. The number of nitrogen functional groups attached to an aromatic ring is 1. The lowest BCUT2D eigenvalue weighted by Crippen LogP contribution is -2.23. The Labute approximate surface area is 117 Å². The van der Waals surface area contributed by atoms with Crippen molar-refractivity contribution in [1.82, 2.24) is 9.88 Å². The van der Waals surface area contributed by atoms with Gasteiger partial charge in [-0.1, -0.05) is 18.2 Å². The van der Waals surface area contributed by atoms with Gasteiger partial charge in [0.2, 0.25) is 0 Å². The number of aryl methyl sites for hydroxylation is 2. The van der Waals surface area contributed by atoms with Gasteiger partial charge in [-0.05, 0) is 25.0 Å². The van der Waals surface area contributed by atoms with Crippen LogP contribution in [0.25, 0.3) is 11.3 Å². The topological polar surface area (TPSA) is 82.4 Å². The van der Waals surface area contributed by atoms with Crippen LogP contribution in [0.15, 0.2) is 18.2 Å². The van der Waals surface area contributed by atoms with Gasteiger partial charge in [0.05, 0.1) is 24.5 Å². The standard InChI is InChI=1S/C15H17N3O2/c1-8-4-3-5-9(2)12(8)14-13(16)10-6-18(15(19)20)7-11(10)17-14/h3-5,17H,6-7,16H2,1-2H3,(H,19,20). The summed E-state index contributed by atoms with van der Waals surface area (Å²) in [6, 6.07) is 6.13. The van der Waals surface area contributed by atoms with Crippen molar-refractivity contribution in [2.24, 2.45) is 0 Å². The summed E-state index contributed by atoms with van der Waals surface area (Å²) >= 11 is 0. The maximum atomic E-state index is 11.0. The Morgan fingerprint density at radius 1 is 1.30 bits per heavy atom. The Hall–Kier alpha value is -2.43. The van der Waals surface area contributed by atoms with Gasteiger partial charge in [-0.3, -0.25) is 4.90 Å². The largest absolute Gasteiger partial charge is 0.465 e. The zero-order valence-electron chi connectivity index (χ0n) is 11.5. The number of anilines is 1. The van der Waals surface area contributed by atoms with E-state index in [2.05, 4.69) is 31.0 Å². The molecule has 1 aromatic carbocycles. The fourth-order valence-electron chi connectivity index (χ4n) is 2.90. The lowest BCUT2D eigenvalue weighted by molar-refractivity contribution is 0.145. The number of hydrogen-bond acceptors (Lipinski definition) is 2. The van der Waals surface area contributed by atoms with Crippen LogP contribution < -0.4 is 5.73 Å². The van der Waals surface area contributed by atoms with Crippen molar-refractivity contribution in [1.29, 1.82) is 0 Å². The van der Waals surface area contributed by atoms with E-state index in [9.17, 15) is 4.79 Å². The molecule has 0 atom stereocenters. The van der Waals surface area contributed by atoms with Crippen LogP contribution in [0.1, 0.15) is 22.4 Å². The Balaban J connectivity index is 2.08. The Morgan fingerprint density at radius 2 is 1.95 bits per heavy atom. The number of nitrogens with zero attached hydrogens (tertiary/aromatic N) is 1. The van der Waals surface area contributed by atoms with Crippen LogP contribution >= 0.6 is 0 Å². The van der Waals surface area contributed by atoms with Crippen molar-refractivity contribution >= 4 is 11.8 Å². The number of hydrogen-bond donors (Lipinski definition) is 3. The molecule has 5 nitrogen and oxygen atoms in total. The SMILES string of the molecule is Cc1cccc(C)c1-c1[nH]c2c(c1N)CN(C(=O)O)C2. The first-order chi connectivity index (χ1) is 9.49. The summed E-state index contributed by atoms with van der Waals surface area (Å²) in [5.41, 5.74) is 13.1. The van der Waals surface area contributed by atoms with Crippen molar-refractivity contribution in [2.75, 3.05) is 5.73 Å². The highest BCUT2D eigenvalue weighted by atomic mass is 16.4. The number of carboxylic acid groups (broad SMARTS) is 1. The first kappa shape index (κ1) is 12.6. The number of nitrogens with one attached hydrogen (secondary N) is 1. The molecule has 4 N–H and O–H groups in total. The van der Waals surface area contributed by atoms with E-state index in [1.807, 2.05) is 6.07 Å². The first-order valence-electron chi connectivity index (χ1n) is 6.52. The fourth-order valence-corrected chi connectivity index (χ4v) is 2.90. The molecule has 3 rings (SSSR count). The van der Waals surface area contributed by atoms with Gasteiger partial charge in [0.1, 0.15) is 0 Å². The third kappa shape index (κ3) is 1.74. The average Bonchev–Trinajstić information content (AvgIpc) is 2.91. The third-order valence-corrected chi connectivity index (χ3v) is 3.93. The highest BCUT2D eigenvalue weighted by Crippen LogP contribution is 2.38. The van der Waals surface area contributed by atoms with Crippen LogP contribution in [-0.2, 0) is 13.1 Å². The summed E-state index contributed by atoms with van der Waals surface area (Å²) in [5.74, 6) is 0. The normalized spacial score (nSPS) is 13.6. The van der Waals surface area contributed by atoms with Gasteiger partial charge in [-0.15, -0.1) is 0 Å². The number of aromatic nitrogens is 1. The number of benzene rings is 1.